The summed E-state index contributed by atoms with van der Waals surface area (Å²) in [7, 11) is 0. The van der Waals surface area contributed by atoms with Crippen LogP contribution in [0.3, 0.4) is 0 Å². The number of rotatable bonds is 3. The van der Waals surface area contributed by atoms with Crippen LogP contribution in [-0.4, -0.2) is 16.6 Å². The summed E-state index contributed by atoms with van der Waals surface area (Å²) in [5.74, 6) is -0.285. The largest absolute Gasteiger partial charge is 0.380 e. The standard InChI is InChI=1S/C14H18ClNO2/c1-10(11-6-2-3-7-12(11)15)16-13(17)14(18)8-4-5-9-14/h2-3,6-7,10,18H,4-5,8-9H2,1H3,(H,16,17). The quantitative estimate of drug-likeness (QED) is 0.885. The van der Waals surface area contributed by atoms with Crippen molar-refractivity contribution >= 4 is 17.5 Å². The second-order valence-electron chi connectivity index (χ2n) is 4.96. The van der Waals surface area contributed by atoms with Crippen LogP contribution in [0.15, 0.2) is 24.3 Å². The predicted octanol–water partition coefficient (Wildman–Crippen LogP) is 2.82. The van der Waals surface area contributed by atoms with Gasteiger partial charge in [-0.2, -0.15) is 0 Å². The van der Waals surface area contributed by atoms with Gasteiger partial charge in [0, 0.05) is 5.02 Å². The lowest BCUT2D eigenvalue weighted by molar-refractivity contribution is -0.139. The fourth-order valence-electron chi connectivity index (χ4n) is 2.42. The molecule has 0 spiro atoms. The molecule has 18 heavy (non-hydrogen) atoms. The van der Waals surface area contributed by atoms with Gasteiger partial charge in [0.2, 0.25) is 0 Å². The fourth-order valence-corrected chi connectivity index (χ4v) is 2.72. The first-order valence-electron chi connectivity index (χ1n) is 6.31. The van der Waals surface area contributed by atoms with Gasteiger partial charge in [-0.25, -0.2) is 0 Å². The lowest BCUT2D eigenvalue weighted by Gasteiger charge is -2.24. The van der Waals surface area contributed by atoms with E-state index in [0.29, 0.717) is 17.9 Å². The van der Waals surface area contributed by atoms with Gasteiger partial charge in [0.1, 0.15) is 5.60 Å². The van der Waals surface area contributed by atoms with Crippen LogP contribution in [0.5, 0.6) is 0 Å². The zero-order valence-corrected chi connectivity index (χ0v) is 11.2. The third-order valence-corrected chi connectivity index (χ3v) is 3.92. The molecule has 0 bridgehead atoms. The Kier molecular flexibility index (Phi) is 3.93. The molecule has 1 atom stereocenters. The molecule has 1 aromatic rings. The topological polar surface area (TPSA) is 49.3 Å². The minimum atomic E-state index is -1.19. The monoisotopic (exact) mass is 267 g/mol. The van der Waals surface area contributed by atoms with E-state index in [1.54, 1.807) is 6.07 Å². The van der Waals surface area contributed by atoms with E-state index in [9.17, 15) is 9.90 Å². The van der Waals surface area contributed by atoms with Crippen molar-refractivity contribution in [2.24, 2.45) is 0 Å². The lowest BCUT2D eigenvalue weighted by Crippen LogP contribution is -2.45. The van der Waals surface area contributed by atoms with Gasteiger partial charge in [0.25, 0.3) is 5.91 Å². The zero-order valence-electron chi connectivity index (χ0n) is 10.4. The first-order valence-corrected chi connectivity index (χ1v) is 6.68. The van der Waals surface area contributed by atoms with Crippen LogP contribution in [0.1, 0.15) is 44.2 Å². The summed E-state index contributed by atoms with van der Waals surface area (Å²) in [6.45, 7) is 1.87. The molecule has 0 heterocycles. The summed E-state index contributed by atoms with van der Waals surface area (Å²) >= 11 is 6.08. The highest BCUT2D eigenvalue weighted by atomic mass is 35.5. The molecule has 1 fully saturated rings. The van der Waals surface area contributed by atoms with Crippen molar-refractivity contribution in [3.63, 3.8) is 0 Å². The molecule has 1 saturated carbocycles. The van der Waals surface area contributed by atoms with E-state index in [2.05, 4.69) is 5.32 Å². The predicted molar refractivity (Wildman–Crippen MR) is 71.4 cm³/mol. The molecule has 1 aliphatic rings. The molecule has 4 heteroatoms. The molecule has 98 valence electrons. The summed E-state index contributed by atoms with van der Waals surface area (Å²) in [4.78, 5) is 12.1. The smallest absolute Gasteiger partial charge is 0.252 e. The molecule has 0 aromatic heterocycles. The first kappa shape index (κ1) is 13.4. The van der Waals surface area contributed by atoms with Crippen LogP contribution in [0.2, 0.25) is 5.02 Å². The first-order chi connectivity index (χ1) is 8.53. The number of nitrogens with one attached hydrogen (secondary N) is 1. The van der Waals surface area contributed by atoms with E-state index in [1.165, 1.54) is 0 Å². The van der Waals surface area contributed by atoms with Crippen LogP contribution in [0.25, 0.3) is 0 Å². The summed E-state index contributed by atoms with van der Waals surface area (Å²) in [5.41, 5.74) is -0.315. The van der Waals surface area contributed by atoms with Gasteiger partial charge in [-0.15, -0.1) is 0 Å². The Balaban J connectivity index is 2.06. The molecule has 0 saturated heterocycles. The summed E-state index contributed by atoms with van der Waals surface area (Å²) in [6.07, 6.45) is 2.91. The maximum atomic E-state index is 12.1. The molecule has 1 amide bonds. The molecule has 2 rings (SSSR count). The van der Waals surface area contributed by atoms with Crippen LogP contribution < -0.4 is 5.32 Å². The minimum absolute atomic E-state index is 0.198. The minimum Gasteiger partial charge on any atom is -0.380 e. The molecule has 3 nitrogen and oxygen atoms in total. The van der Waals surface area contributed by atoms with Gasteiger partial charge in [-0.3, -0.25) is 4.79 Å². The molecule has 1 aromatic carbocycles. The molecule has 1 aliphatic carbocycles. The van der Waals surface area contributed by atoms with Gasteiger partial charge in [0.15, 0.2) is 0 Å². The maximum Gasteiger partial charge on any atom is 0.252 e. The third-order valence-electron chi connectivity index (χ3n) is 3.57. The molecule has 0 radical (unpaired) electrons. The Hall–Kier alpha value is -1.06. The number of hydrogen-bond donors (Lipinski definition) is 2. The number of aliphatic hydroxyl groups is 1. The number of halogens is 1. The number of hydrogen-bond acceptors (Lipinski definition) is 2. The molecule has 2 N–H and O–H groups in total. The van der Waals surface area contributed by atoms with Gasteiger partial charge < -0.3 is 10.4 Å². The van der Waals surface area contributed by atoms with E-state index in [0.717, 1.165) is 18.4 Å². The Bertz CT molecular complexity index is 441. The highest BCUT2D eigenvalue weighted by Gasteiger charge is 2.39. The number of benzene rings is 1. The lowest BCUT2D eigenvalue weighted by atomic mass is 10.00. The SMILES string of the molecule is CC(NC(=O)C1(O)CCCC1)c1ccccc1Cl. The van der Waals surface area contributed by atoms with E-state index in [1.807, 2.05) is 25.1 Å². The maximum absolute atomic E-state index is 12.1. The van der Waals surface area contributed by atoms with Gasteiger partial charge in [0.05, 0.1) is 6.04 Å². The summed E-state index contributed by atoms with van der Waals surface area (Å²) in [5, 5.41) is 13.7. The van der Waals surface area contributed by atoms with Crippen LogP contribution >= 0.6 is 11.6 Å². The highest BCUT2D eigenvalue weighted by Crippen LogP contribution is 2.31. The van der Waals surface area contributed by atoms with Crippen molar-refractivity contribution in [3.8, 4) is 0 Å². The number of amides is 1. The Morgan fingerprint density at radius 3 is 2.61 bits per heavy atom. The second-order valence-corrected chi connectivity index (χ2v) is 5.36. The summed E-state index contributed by atoms with van der Waals surface area (Å²) in [6, 6.07) is 7.21. The number of carbonyl (C=O) groups is 1. The molecular weight excluding hydrogens is 250 g/mol. The van der Waals surface area contributed by atoms with Crippen molar-refractivity contribution in [2.75, 3.05) is 0 Å². The van der Waals surface area contributed by atoms with Crippen molar-refractivity contribution in [1.82, 2.24) is 5.32 Å². The molecular formula is C14H18ClNO2. The van der Waals surface area contributed by atoms with E-state index >= 15 is 0 Å². The fraction of sp³-hybridized carbons (Fsp3) is 0.500. The van der Waals surface area contributed by atoms with Crippen molar-refractivity contribution in [2.45, 2.75) is 44.2 Å². The van der Waals surface area contributed by atoms with Crippen molar-refractivity contribution < 1.29 is 9.90 Å². The van der Waals surface area contributed by atoms with Crippen LogP contribution in [0, 0.1) is 0 Å². The van der Waals surface area contributed by atoms with Crippen molar-refractivity contribution in [3.05, 3.63) is 34.9 Å². The van der Waals surface area contributed by atoms with E-state index < -0.39 is 5.60 Å². The van der Waals surface area contributed by atoms with Gasteiger partial charge >= 0.3 is 0 Å². The highest BCUT2D eigenvalue weighted by molar-refractivity contribution is 6.31. The Labute approximate surface area is 112 Å². The van der Waals surface area contributed by atoms with Crippen LogP contribution in [-0.2, 0) is 4.79 Å². The average molecular weight is 268 g/mol. The zero-order chi connectivity index (χ0) is 13.2. The Morgan fingerprint density at radius 2 is 2.00 bits per heavy atom. The van der Waals surface area contributed by atoms with Crippen LogP contribution in [0.4, 0.5) is 0 Å². The van der Waals surface area contributed by atoms with Gasteiger partial charge in [-0.1, -0.05) is 29.8 Å². The normalized spacial score (nSPS) is 19.5. The van der Waals surface area contributed by atoms with Gasteiger partial charge in [-0.05, 0) is 44.2 Å². The average Bonchev–Trinajstić information content (AvgIpc) is 2.78. The summed E-state index contributed by atoms with van der Waals surface area (Å²) < 4.78 is 0. The second kappa shape index (κ2) is 5.29. The Morgan fingerprint density at radius 1 is 1.39 bits per heavy atom. The van der Waals surface area contributed by atoms with Crippen molar-refractivity contribution in [1.29, 1.82) is 0 Å². The molecule has 0 aliphatic heterocycles. The van der Waals surface area contributed by atoms with E-state index in [4.69, 9.17) is 11.6 Å². The third kappa shape index (κ3) is 2.68. The number of carbonyl (C=O) groups excluding carboxylic acids is 1. The molecule has 1 unspecified atom stereocenters. The van der Waals surface area contributed by atoms with E-state index in [-0.39, 0.29) is 11.9 Å².